The van der Waals surface area contributed by atoms with Gasteiger partial charge >= 0.3 is 5.97 Å². The van der Waals surface area contributed by atoms with Gasteiger partial charge in [0.25, 0.3) is 0 Å². The molecule has 1 aliphatic rings. The van der Waals surface area contributed by atoms with Crippen LogP contribution < -0.4 is 15.0 Å². The Bertz CT molecular complexity index is 1590. The number of hydrogen-bond acceptors (Lipinski definition) is 6. The minimum atomic E-state index is -0.732. The fraction of sp³-hybridized carbons (Fsp3) is 0.250. The van der Waals surface area contributed by atoms with Crippen molar-refractivity contribution < 1.29 is 28.2 Å². The maximum atomic E-state index is 14.4. The zero-order chi connectivity index (χ0) is 30.9. The van der Waals surface area contributed by atoms with Crippen LogP contribution >= 0.6 is 0 Å². The number of hydrogen-bond donors (Lipinski definition) is 1. The SMILES string of the molecule is COC(=O)[C@H](Cc1ccc(OCCCN(C(=O)C2CC2)c2ccccc2F)cc1)Nc1ccccc1C(=O)c1ccccc1. The molecule has 1 saturated carbocycles. The lowest BCUT2D eigenvalue weighted by Gasteiger charge is -2.23. The minimum absolute atomic E-state index is 0.0239. The fourth-order valence-electron chi connectivity index (χ4n) is 5.02. The number of esters is 1. The van der Waals surface area contributed by atoms with Gasteiger partial charge in [-0.2, -0.15) is 0 Å². The molecule has 0 bridgehead atoms. The third-order valence-electron chi connectivity index (χ3n) is 7.52. The van der Waals surface area contributed by atoms with Gasteiger partial charge < -0.3 is 19.7 Å². The van der Waals surface area contributed by atoms with Gasteiger partial charge in [0, 0.05) is 35.7 Å². The summed E-state index contributed by atoms with van der Waals surface area (Å²) in [5, 5.41) is 3.22. The van der Waals surface area contributed by atoms with Crippen molar-refractivity contribution in [1.29, 1.82) is 0 Å². The fourth-order valence-corrected chi connectivity index (χ4v) is 5.02. The zero-order valence-corrected chi connectivity index (χ0v) is 24.6. The Kier molecular flexibility index (Phi) is 10.0. The maximum absolute atomic E-state index is 14.4. The lowest BCUT2D eigenvalue weighted by Crippen LogP contribution is -2.34. The zero-order valence-electron chi connectivity index (χ0n) is 24.6. The van der Waals surface area contributed by atoms with Gasteiger partial charge in [0.05, 0.1) is 19.4 Å². The molecule has 7 nitrogen and oxygen atoms in total. The van der Waals surface area contributed by atoms with Gasteiger partial charge in [0.2, 0.25) is 5.91 Å². The van der Waals surface area contributed by atoms with Gasteiger partial charge in [-0.05, 0) is 61.2 Å². The average molecular weight is 595 g/mol. The summed E-state index contributed by atoms with van der Waals surface area (Å²) in [6.45, 7) is 0.704. The van der Waals surface area contributed by atoms with E-state index in [9.17, 15) is 18.8 Å². The number of benzene rings is 4. The van der Waals surface area contributed by atoms with Gasteiger partial charge in [0.1, 0.15) is 17.6 Å². The molecule has 0 saturated heterocycles. The minimum Gasteiger partial charge on any atom is -0.494 e. The molecule has 5 rings (SSSR count). The van der Waals surface area contributed by atoms with Crippen LogP contribution in [-0.2, 0) is 20.7 Å². The molecule has 0 spiro atoms. The van der Waals surface area contributed by atoms with Crippen molar-refractivity contribution >= 4 is 29.0 Å². The number of carbonyl (C=O) groups excluding carboxylic acids is 3. The highest BCUT2D eigenvalue weighted by Gasteiger charge is 2.34. The molecule has 1 fully saturated rings. The Labute approximate surface area is 256 Å². The van der Waals surface area contributed by atoms with Crippen LogP contribution in [0, 0.1) is 11.7 Å². The van der Waals surface area contributed by atoms with E-state index in [0.717, 1.165) is 18.4 Å². The van der Waals surface area contributed by atoms with Crippen molar-refractivity contribution in [2.75, 3.05) is 30.5 Å². The Hall–Kier alpha value is -4.98. The molecule has 8 heteroatoms. The van der Waals surface area contributed by atoms with E-state index in [0.29, 0.717) is 54.2 Å². The molecule has 4 aromatic rings. The smallest absolute Gasteiger partial charge is 0.328 e. The monoisotopic (exact) mass is 594 g/mol. The topological polar surface area (TPSA) is 84.9 Å². The first-order chi connectivity index (χ1) is 21.4. The number of ketones is 1. The first kappa shape index (κ1) is 30.5. The van der Waals surface area contributed by atoms with Crippen LogP contribution in [0.25, 0.3) is 0 Å². The van der Waals surface area contributed by atoms with Gasteiger partial charge in [0.15, 0.2) is 5.78 Å². The third-order valence-corrected chi connectivity index (χ3v) is 7.52. The molecule has 1 atom stereocenters. The van der Waals surface area contributed by atoms with Crippen molar-refractivity contribution in [3.8, 4) is 5.75 Å². The summed E-state index contributed by atoms with van der Waals surface area (Å²) in [6, 6.07) is 29.1. The highest BCUT2D eigenvalue weighted by Crippen LogP contribution is 2.33. The molecule has 1 aliphatic carbocycles. The summed E-state index contributed by atoms with van der Waals surface area (Å²) >= 11 is 0. The summed E-state index contributed by atoms with van der Waals surface area (Å²) in [6.07, 6.45) is 2.54. The molecule has 0 unspecified atom stereocenters. The Morgan fingerprint density at radius 3 is 2.27 bits per heavy atom. The highest BCUT2D eigenvalue weighted by molar-refractivity contribution is 6.12. The second-order valence-corrected chi connectivity index (χ2v) is 10.7. The van der Waals surface area contributed by atoms with Gasteiger partial charge in [-0.25, -0.2) is 9.18 Å². The predicted octanol–water partition coefficient (Wildman–Crippen LogP) is 6.47. The van der Waals surface area contributed by atoms with E-state index in [-0.39, 0.29) is 17.6 Å². The standard InChI is InChI=1S/C36H35FN2O5/c1-43-36(42)32(38-31-14-7-5-12-29(31)34(40)26-10-3-2-4-11-26)24-25-16-20-28(21-17-25)44-23-9-22-39(35(41)27-18-19-27)33-15-8-6-13-30(33)37/h2-8,10-17,20-21,27,32,38H,9,18-19,22-24H2,1H3/t32-/m0/s1. The first-order valence-electron chi connectivity index (χ1n) is 14.8. The molecule has 226 valence electrons. The van der Waals surface area contributed by atoms with Crippen LogP contribution in [0.4, 0.5) is 15.8 Å². The summed E-state index contributed by atoms with van der Waals surface area (Å²) in [5.74, 6) is -0.435. The maximum Gasteiger partial charge on any atom is 0.328 e. The number of amides is 1. The number of halogens is 1. The van der Waals surface area contributed by atoms with Gasteiger partial charge in [-0.1, -0.05) is 66.7 Å². The van der Waals surface area contributed by atoms with E-state index >= 15 is 0 Å². The van der Waals surface area contributed by atoms with E-state index in [2.05, 4.69) is 5.32 Å². The van der Waals surface area contributed by atoms with E-state index in [1.807, 2.05) is 48.5 Å². The van der Waals surface area contributed by atoms with E-state index < -0.39 is 17.8 Å². The third kappa shape index (κ3) is 7.69. The molecule has 1 N–H and O–H groups in total. The molecule has 0 aromatic heterocycles. The van der Waals surface area contributed by atoms with E-state index in [4.69, 9.17) is 9.47 Å². The number of methoxy groups -OCH3 is 1. The number of nitrogens with one attached hydrogen (secondary N) is 1. The second-order valence-electron chi connectivity index (χ2n) is 10.7. The van der Waals surface area contributed by atoms with E-state index in [1.54, 1.807) is 48.5 Å². The van der Waals surface area contributed by atoms with Crippen LogP contribution in [0.1, 0.15) is 40.7 Å². The van der Waals surface area contributed by atoms with Crippen LogP contribution in [0.3, 0.4) is 0 Å². The number of carbonyl (C=O) groups is 3. The molecule has 4 aromatic carbocycles. The van der Waals surface area contributed by atoms with Crippen LogP contribution in [0.15, 0.2) is 103 Å². The van der Waals surface area contributed by atoms with Crippen LogP contribution in [0.2, 0.25) is 0 Å². The predicted molar refractivity (Wildman–Crippen MR) is 167 cm³/mol. The highest BCUT2D eigenvalue weighted by atomic mass is 19.1. The van der Waals surface area contributed by atoms with Crippen LogP contribution in [-0.4, -0.2) is 44.0 Å². The normalized spacial score (nSPS) is 13.0. The lowest BCUT2D eigenvalue weighted by atomic mass is 10.00. The van der Waals surface area contributed by atoms with Gasteiger partial charge in [-0.3, -0.25) is 9.59 Å². The molecular formula is C36H35FN2O5. The number of rotatable bonds is 14. The Morgan fingerprint density at radius 2 is 1.57 bits per heavy atom. The van der Waals surface area contributed by atoms with Crippen molar-refractivity contribution in [3.05, 3.63) is 126 Å². The number of anilines is 2. The summed E-state index contributed by atoms with van der Waals surface area (Å²) in [5.41, 5.74) is 2.73. The second kappa shape index (κ2) is 14.5. The van der Waals surface area contributed by atoms with Gasteiger partial charge in [-0.15, -0.1) is 0 Å². The number of nitrogens with zero attached hydrogens (tertiary/aromatic N) is 1. The average Bonchev–Trinajstić information content (AvgIpc) is 3.91. The number of ether oxygens (including phenoxy) is 2. The molecular weight excluding hydrogens is 559 g/mol. The van der Waals surface area contributed by atoms with Crippen molar-refractivity contribution in [2.24, 2.45) is 5.92 Å². The molecule has 0 heterocycles. The molecule has 0 radical (unpaired) electrons. The quantitative estimate of drug-likeness (QED) is 0.102. The van der Waals surface area contributed by atoms with Crippen molar-refractivity contribution in [1.82, 2.24) is 0 Å². The van der Waals surface area contributed by atoms with Crippen LogP contribution in [0.5, 0.6) is 5.75 Å². The lowest BCUT2D eigenvalue weighted by molar-refractivity contribution is -0.141. The van der Waals surface area contributed by atoms with Crippen molar-refractivity contribution in [2.45, 2.75) is 31.7 Å². The largest absolute Gasteiger partial charge is 0.494 e. The Balaban J connectivity index is 1.19. The molecule has 44 heavy (non-hydrogen) atoms. The summed E-state index contributed by atoms with van der Waals surface area (Å²) in [7, 11) is 1.33. The molecule has 0 aliphatic heterocycles. The summed E-state index contributed by atoms with van der Waals surface area (Å²) in [4.78, 5) is 40.3. The van der Waals surface area contributed by atoms with E-state index in [1.165, 1.54) is 18.1 Å². The Morgan fingerprint density at radius 1 is 0.886 bits per heavy atom. The summed E-state index contributed by atoms with van der Waals surface area (Å²) < 4.78 is 25.4. The first-order valence-corrected chi connectivity index (χ1v) is 14.8. The number of para-hydroxylation sites is 2. The van der Waals surface area contributed by atoms with Crippen molar-refractivity contribution in [3.63, 3.8) is 0 Å². The molecule has 1 amide bonds.